The summed E-state index contributed by atoms with van der Waals surface area (Å²) in [6.45, 7) is 3.21. The van der Waals surface area contributed by atoms with Crippen molar-refractivity contribution >= 4 is 12.4 Å². The number of nitrogens with zero attached hydrogens (tertiary/aromatic N) is 1. The summed E-state index contributed by atoms with van der Waals surface area (Å²) in [6, 6.07) is 8.45. The molecule has 2 aliphatic heterocycles. The molecule has 0 bridgehead atoms. The van der Waals surface area contributed by atoms with E-state index in [1.54, 1.807) is 0 Å². The Balaban J connectivity index is 0.00000210. The Bertz CT molecular complexity index is 583. The zero-order valence-corrected chi connectivity index (χ0v) is 17.1. The number of likely N-dealkylation sites (tertiary alicyclic amines) is 1. The number of para-hydroxylation sites is 1. The van der Waals surface area contributed by atoms with Crippen molar-refractivity contribution in [1.82, 2.24) is 4.90 Å². The van der Waals surface area contributed by atoms with E-state index in [1.165, 1.54) is 24.8 Å². The summed E-state index contributed by atoms with van der Waals surface area (Å²) in [4.78, 5) is 2.38. The van der Waals surface area contributed by atoms with Gasteiger partial charge >= 0.3 is 0 Å². The third-order valence-electron chi connectivity index (χ3n) is 6.46. The average Bonchev–Trinajstić information content (AvgIpc) is 2.69. The van der Waals surface area contributed by atoms with Crippen LogP contribution in [0, 0.1) is 0 Å². The Morgan fingerprint density at radius 1 is 1.11 bits per heavy atom. The van der Waals surface area contributed by atoms with Gasteiger partial charge < -0.3 is 19.5 Å². The van der Waals surface area contributed by atoms with Crippen LogP contribution in [-0.2, 0) is 11.2 Å². The quantitative estimate of drug-likeness (QED) is 0.818. The van der Waals surface area contributed by atoms with Gasteiger partial charge in [-0.2, -0.15) is 0 Å². The Hall–Kier alpha value is -0.810. The summed E-state index contributed by atoms with van der Waals surface area (Å²) >= 11 is 0. The highest BCUT2D eigenvalue weighted by atomic mass is 35.5. The van der Waals surface area contributed by atoms with E-state index in [9.17, 15) is 5.11 Å². The lowest BCUT2D eigenvalue weighted by atomic mass is 9.83. The first-order valence-corrected chi connectivity index (χ1v) is 10.5. The molecule has 5 heteroatoms. The van der Waals surface area contributed by atoms with Crippen molar-refractivity contribution in [3.63, 3.8) is 0 Å². The number of aliphatic hydroxyl groups excluding tert-OH is 1. The van der Waals surface area contributed by atoms with E-state index in [0.717, 1.165) is 63.9 Å². The van der Waals surface area contributed by atoms with Crippen LogP contribution in [0.25, 0.3) is 0 Å². The fraction of sp³-hybridized carbons (Fsp3) is 0.727. The summed E-state index contributed by atoms with van der Waals surface area (Å²) in [5.74, 6) is 1.08. The molecule has 1 aliphatic carbocycles. The second-order valence-electron chi connectivity index (χ2n) is 8.44. The SMILES string of the molecule is Cl.OC(COC1CCCCC1)CN1CCC2(CCc3ccccc3O2)CC1. The zero-order chi connectivity index (χ0) is 17.8. The smallest absolute Gasteiger partial charge is 0.123 e. The van der Waals surface area contributed by atoms with Gasteiger partial charge in [0.05, 0.1) is 18.8 Å². The van der Waals surface area contributed by atoms with E-state index < -0.39 is 0 Å². The second-order valence-corrected chi connectivity index (χ2v) is 8.44. The number of hydrogen-bond donors (Lipinski definition) is 1. The molecule has 1 aromatic carbocycles. The number of hydrogen-bond acceptors (Lipinski definition) is 4. The highest BCUT2D eigenvalue weighted by Gasteiger charge is 2.39. The minimum absolute atomic E-state index is 0. The average molecular weight is 396 g/mol. The molecule has 27 heavy (non-hydrogen) atoms. The Morgan fingerprint density at radius 2 is 1.85 bits per heavy atom. The van der Waals surface area contributed by atoms with Crippen LogP contribution in [0.3, 0.4) is 0 Å². The van der Waals surface area contributed by atoms with E-state index in [-0.39, 0.29) is 24.1 Å². The maximum Gasteiger partial charge on any atom is 0.123 e. The molecule has 4 rings (SSSR count). The number of aliphatic hydroxyl groups is 1. The maximum atomic E-state index is 10.4. The predicted octanol–water partition coefficient (Wildman–Crippen LogP) is 3.98. The molecular weight excluding hydrogens is 362 g/mol. The molecule has 1 N–H and O–H groups in total. The van der Waals surface area contributed by atoms with Gasteiger partial charge in [-0.15, -0.1) is 12.4 Å². The highest BCUT2D eigenvalue weighted by molar-refractivity contribution is 5.85. The minimum Gasteiger partial charge on any atom is -0.487 e. The van der Waals surface area contributed by atoms with Gasteiger partial charge in [0.25, 0.3) is 0 Å². The highest BCUT2D eigenvalue weighted by Crippen LogP contribution is 2.39. The molecule has 1 saturated carbocycles. The van der Waals surface area contributed by atoms with Gasteiger partial charge in [-0.3, -0.25) is 0 Å². The monoisotopic (exact) mass is 395 g/mol. The lowest BCUT2D eigenvalue weighted by Crippen LogP contribution is -2.51. The van der Waals surface area contributed by atoms with Crippen molar-refractivity contribution in [2.75, 3.05) is 26.2 Å². The van der Waals surface area contributed by atoms with E-state index in [4.69, 9.17) is 9.47 Å². The summed E-state index contributed by atoms with van der Waals surface area (Å²) in [7, 11) is 0. The van der Waals surface area contributed by atoms with Crippen LogP contribution in [0.1, 0.15) is 56.9 Å². The first kappa shape index (κ1) is 20.9. The number of fused-ring (bicyclic) bond motifs is 1. The van der Waals surface area contributed by atoms with E-state index >= 15 is 0 Å². The third-order valence-corrected chi connectivity index (χ3v) is 6.46. The standard InChI is InChI=1S/C22H33NO3.ClH/c24-19(17-25-20-7-2-1-3-8-20)16-23-14-12-22(13-15-23)11-10-18-6-4-5-9-21(18)26-22;/h4-6,9,19-20,24H,1-3,7-8,10-17H2;1H. The van der Waals surface area contributed by atoms with Crippen molar-refractivity contribution in [1.29, 1.82) is 0 Å². The fourth-order valence-corrected chi connectivity index (χ4v) is 4.78. The van der Waals surface area contributed by atoms with Crippen LogP contribution in [0.2, 0.25) is 0 Å². The second kappa shape index (κ2) is 9.60. The molecule has 1 spiro atoms. The number of β-amino-alcohol motifs (C(OH)–C–C–N with tert-alkyl or cyclic N) is 1. The molecule has 0 aromatic heterocycles. The summed E-state index contributed by atoms with van der Waals surface area (Å²) in [6.07, 6.45) is 10.6. The third kappa shape index (κ3) is 5.38. The number of ether oxygens (including phenoxy) is 2. The number of benzene rings is 1. The molecule has 152 valence electrons. The topological polar surface area (TPSA) is 41.9 Å². The first-order valence-electron chi connectivity index (χ1n) is 10.5. The van der Waals surface area contributed by atoms with Gasteiger partial charge in [-0.1, -0.05) is 37.5 Å². The summed E-state index contributed by atoms with van der Waals surface area (Å²) in [5.41, 5.74) is 1.35. The number of halogens is 1. The van der Waals surface area contributed by atoms with Gasteiger partial charge in [0.2, 0.25) is 0 Å². The van der Waals surface area contributed by atoms with Gasteiger partial charge in [-0.25, -0.2) is 0 Å². The first-order chi connectivity index (χ1) is 12.7. The van der Waals surface area contributed by atoms with E-state index in [2.05, 4.69) is 29.2 Å². The Labute approximate surface area is 169 Å². The number of piperidine rings is 1. The molecule has 1 atom stereocenters. The molecule has 4 nitrogen and oxygen atoms in total. The van der Waals surface area contributed by atoms with Crippen LogP contribution in [0.5, 0.6) is 5.75 Å². The van der Waals surface area contributed by atoms with Gasteiger partial charge in [0.15, 0.2) is 0 Å². The van der Waals surface area contributed by atoms with Crippen molar-refractivity contribution in [3.05, 3.63) is 29.8 Å². The minimum atomic E-state index is -0.376. The Kier molecular flexibility index (Phi) is 7.43. The zero-order valence-electron chi connectivity index (χ0n) is 16.3. The molecule has 1 unspecified atom stereocenters. The van der Waals surface area contributed by atoms with Gasteiger partial charge in [-0.05, 0) is 50.2 Å². The summed E-state index contributed by atoms with van der Waals surface area (Å²) < 4.78 is 12.4. The molecule has 0 amide bonds. The van der Waals surface area contributed by atoms with Crippen molar-refractivity contribution in [2.24, 2.45) is 0 Å². The lowest BCUT2D eigenvalue weighted by molar-refractivity contribution is -0.0511. The molecule has 0 radical (unpaired) electrons. The van der Waals surface area contributed by atoms with Crippen LogP contribution in [0.4, 0.5) is 0 Å². The van der Waals surface area contributed by atoms with Crippen LogP contribution in [0.15, 0.2) is 24.3 Å². The predicted molar refractivity (Wildman–Crippen MR) is 110 cm³/mol. The lowest BCUT2D eigenvalue weighted by Gasteiger charge is -2.45. The normalized spacial score (nSPS) is 23.9. The van der Waals surface area contributed by atoms with Crippen molar-refractivity contribution < 1.29 is 14.6 Å². The van der Waals surface area contributed by atoms with Gasteiger partial charge in [0, 0.05) is 19.6 Å². The van der Waals surface area contributed by atoms with Crippen molar-refractivity contribution in [2.45, 2.75) is 75.6 Å². The number of aryl methyl sites for hydroxylation is 1. The number of rotatable bonds is 5. The summed E-state index contributed by atoms with van der Waals surface area (Å²) in [5, 5.41) is 10.4. The van der Waals surface area contributed by atoms with Crippen LogP contribution >= 0.6 is 12.4 Å². The molecule has 2 heterocycles. The molecule has 1 saturated heterocycles. The molecule has 2 fully saturated rings. The largest absolute Gasteiger partial charge is 0.487 e. The van der Waals surface area contributed by atoms with Crippen LogP contribution < -0.4 is 4.74 Å². The van der Waals surface area contributed by atoms with E-state index in [0.29, 0.717) is 12.7 Å². The molecule has 3 aliphatic rings. The Morgan fingerprint density at radius 3 is 2.63 bits per heavy atom. The molecule has 1 aromatic rings. The van der Waals surface area contributed by atoms with Crippen LogP contribution in [-0.4, -0.2) is 54.1 Å². The fourth-order valence-electron chi connectivity index (χ4n) is 4.78. The van der Waals surface area contributed by atoms with Gasteiger partial charge in [0.1, 0.15) is 11.4 Å². The van der Waals surface area contributed by atoms with Crippen molar-refractivity contribution in [3.8, 4) is 5.75 Å². The maximum absolute atomic E-state index is 10.4. The molecular formula is C22H34ClNO3. The van der Waals surface area contributed by atoms with E-state index in [1.807, 2.05) is 0 Å².